The Balaban J connectivity index is 1.39. The first-order valence-corrected chi connectivity index (χ1v) is 13.3. The lowest BCUT2D eigenvalue weighted by Crippen LogP contribution is -2.55. The van der Waals surface area contributed by atoms with Crippen LogP contribution in [-0.4, -0.2) is 56.1 Å². The van der Waals surface area contributed by atoms with Crippen molar-refractivity contribution < 1.29 is 4.79 Å². The average Bonchev–Trinajstić information content (AvgIpc) is 3.55. The molecule has 34 heavy (non-hydrogen) atoms. The molecule has 2 aliphatic carbocycles. The summed E-state index contributed by atoms with van der Waals surface area (Å²) < 4.78 is 2.25. The molecule has 1 aliphatic heterocycles. The summed E-state index contributed by atoms with van der Waals surface area (Å²) in [5, 5.41) is 10.5. The number of benzene rings is 1. The van der Waals surface area contributed by atoms with Crippen LogP contribution < -0.4 is 4.90 Å². The predicted octanol–water partition coefficient (Wildman–Crippen LogP) is 4.86. The van der Waals surface area contributed by atoms with Gasteiger partial charge in [-0.05, 0) is 51.7 Å². The molecule has 3 aliphatic rings. The van der Waals surface area contributed by atoms with Crippen LogP contribution >= 0.6 is 0 Å². The number of carbonyl (C=O) groups excluding carboxylic acids is 1. The first kappa shape index (κ1) is 21.8. The van der Waals surface area contributed by atoms with E-state index in [9.17, 15) is 4.79 Å². The smallest absolute Gasteiger partial charge is 0.226 e. The molecule has 7 nitrogen and oxygen atoms in total. The highest BCUT2D eigenvalue weighted by Gasteiger charge is 2.35. The molecule has 2 aromatic heterocycles. The standard InChI is InChI=1S/C27H36N6O/c1-18-12-13-23-22(16-18)25-30-29-24(20-8-4-3-5-9-20)33(25)27(28-23)31-14-15-32(19(2)17-31)26(34)21-10-6-7-11-21/h12-13,16,19-21H,3-11,14-15,17H2,1-2H3. The summed E-state index contributed by atoms with van der Waals surface area (Å²) in [6.45, 7) is 6.65. The second-order valence-corrected chi connectivity index (χ2v) is 10.8. The van der Waals surface area contributed by atoms with Crippen LogP contribution in [-0.2, 0) is 4.79 Å². The van der Waals surface area contributed by atoms with Crippen LogP contribution in [0.2, 0.25) is 0 Å². The van der Waals surface area contributed by atoms with Crippen molar-refractivity contribution in [3.8, 4) is 0 Å². The quantitative estimate of drug-likeness (QED) is 0.558. The zero-order valence-electron chi connectivity index (χ0n) is 20.5. The number of aryl methyl sites for hydroxylation is 1. The van der Waals surface area contributed by atoms with E-state index in [-0.39, 0.29) is 12.0 Å². The first-order valence-electron chi connectivity index (χ1n) is 13.3. The van der Waals surface area contributed by atoms with Crippen LogP contribution in [0.4, 0.5) is 5.95 Å². The molecule has 7 heteroatoms. The van der Waals surface area contributed by atoms with Crippen LogP contribution in [0.1, 0.15) is 82.0 Å². The lowest BCUT2D eigenvalue weighted by molar-refractivity contribution is -0.137. The molecule has 180 valence electrons. The molecule has 0 bridgehead atoms. The van der Waals surface area contributed by atoms with Crippen molar-refractivity contribution in [1.29, 1.82) is 0 Å². The molecule has 0 spiro atoms. The fourth-order valence-corrected chi connectivity index (χ4v) is 6.46. The molecule has 3 heterocycles. The van der Waals surface area contributed by atoms with E-state index in [0.717, 1.165) is 60.8 Å². The van der Waals surface area contributed by atoms with Gasteiger partial charge in [-0.3, -0.25) is 4.79 Å². The molecule has 3 fully saturated rings. The number of nitrogens with zero attached hydrogens (tertiary/aromatic N) is 6. The number of carbonyl (C=O) groups is 1. The molecule has 6 rings (SSSR count). The van der Waals surface area contributed by atoms with Gasteiger partial charge in [0.25, 0.3) is 0 Å². The summed E-state index contributed by atoms with van der Waals surface area (Å²) in [6.07, 6.45) is 10.7. The molecule has 1 amide bonds. The van der Waals surface area contributed by atoms with Crippen molar-refractivity contribution in [2.45, 2.75) is 83.6 Å². The van der Waals surface area contributed by atoms with Gasteiger partial charge in [0.15, 0.2) is 5.65 Å². The maximum atomic E-state index is 13.2. The van der Waals surface area contributed by atoms with Crippen molar-refractivity contribution in [1.82, 2.24) is 24.5 Å². The number of anilines is 1. The Labute approximate surface area is 201 Å². The second kappa shape index (κ2) is 8.82. The van der Waals surface area contributed by atoms with E-state index in [1.807, 2.05) is 0 Å². The fraction of sp³-hybridized carbons (Fsp3) is 0.630. The van der Waals surface area contributed by atoms with Crippen LogP contribution in [0.5, 0.6) is 0 Å². The molecule has 0 N–H and O–H groups in total. The second-order valence-electron chi connectivity index (χ2n) is 10.8. The summed E-state index contributed by atoms with van der Waals surface area (Å²) in [4.78, 5) is 22.8. The minimum Gasteiger partial charge on any atom is -0.338 e. The number of fused-ring (bicyclic) bond motifs is 3. The summed E-state index contributed by atoms with van der Waals surface area (Å²) in [7, 11) is 0. The molecule has 0 radical (unpaired) electrons. The molecule has 1 aromatic carbocycles. The summed E-state index contributed by atoms with van der Waals surface area (Å²) in [5.41, 5.74) is 3.09. The van der Waals surface area contributed by atoms with Gasteiger partial charge in [0.05, 0.1) is 5.52 Å². The van der Waals surface area contributed by atoms with Crippen molar-refractivity contribution in [2.75, 3.05) is 24.5 Å². The van der Waals surface area contributed by atoms with Gasteiger partial charge in [-0.2, -0.15) is 0 Å². The number of hydrogen-bond acceptors (Lipinski definition) is 5. The number of rotatable bonds is 3. The molecule has 1 saturated heterocycles. The van der Waals surface area contributed by atoms with Gasteiger partial charge < -0.3 is 9.80 Å². The predicted molar refractivity (Wildman–Crippen MR) is 134 cm³/mol. The minimum atomic E-state index is 0.169. The summed E-state index contributed by atoms with van der Waals surface area (Å²) in [6, 6.07) is 6.57. The van der Waals surface area contributed by atoms with E-state index in [1.54, 1.807) is 0 Å². The maximum absolute atomic E-state index is 13.2. The van der Waals surface area contributed by atoms with E-state index >= 15 is 0 Å². The highest BCUT2D eigenvalue weighted by atomic mass is 16.2. The molecule has 2 saturated carbocycles. The Morgan fingerprint density at radius 3 is 2.50 bits per heavy atom. The number of hydrogen-bond donors (Lipinski definition) is 0. The van der Waals surface area contributed by atoms with Crippen LogP contribution in [0.3, 0.4) is 0 Å². The lowest BCUT2D eigenvalue weighted by Gasteiger charge is -2.41. The van der Waals surface area contributed by atoms with Gasteiger partial charge in [0.1, 0.15) is 5.82 Å². The largest absolute Gasteiger partial charge is 0.338 e. The zero-order chi connectivity index (χ0) is 23.2. The third-order valence-electron chi connectivity index (χ3n) is 8.37. The number of piperazine rings is 1. The van der Waals surface area contributed by atoms with Crippen LogP contribution in [0, 0.1) is 12.8 Å². The zero-order valence-corrected chi connectivity index (χ0v) is 20.5. The molecular formula is C27H36N6O. The van der Waals surface area contributed by atoms with Gasteiger partial charge in [-0.1, -0.05) is 43.7 Å². The third-order valence-corrected chi connectivity index (χ3v) is 8.37. The van der Waals surface area contributed by atoms with Crippen molar-refractivity contribution in [3.63, 3.8) is 0 Å². The van der Waals surface area contributed by atoms with E-state index in [2.05, 4.69) is 46.2 Å². The summed E-state index contributed by atoms with van der Waals surface area (Å²) >= 11 is 0. The van der Waals surface area contributed by atoms with Gasteiger partial charge >= 0.3 is 0 Å². The molecule has 1 unspecified atom stereocenters. The van der Waals surface area contributed by atoms with Gasteiger partial charge in [-0.15, -0.1) is 10.2 Å². The minimum absolute atomic E-state index is 0.169. The lowest BCUT2D eigenvalue weighted by atomic mass is 9.89. The highest BCUT2D eigenvalue weighted by molar-refractivity contribution is 5.93. The first-order chi connectivity index (χ1) is 16.6. The molecule has 1 atom stereocenters. The van der Waals surface area contributed by atoms with Crippen molar-refractivity contribution >= 4 is 28.4 Å². The van der Waals surface area contributed by atoms with Crippen LogP contribution in [0.15, 0.2) is 18.2 Å². The molecular weight excluding hydrogens is 424 g/mol. The Kier molecular flexibility index (Phi) is 5.66. The third kappa shape index (κ3) is 3.73. The van der Waals surface area contributed by atoms with Gasteiger partial charge in [0, 0.05) is 42.9 Å². The summed E-state index contributed by atoms with van der Waals surface area (Å²) in [5.74, 6) is 3.05. The van der Waals surface area contributed by atoms with E-state index < -0.39 is 0 Å². The van der Waals surface area contributed by atoms with Gasteiger partial charge in [0.2, 0.25) is 11.9 Å². The highest BCUT2D eigenvalue weighted by Crippen LogP contribution is 2.35. The number of aromatic nitrogens is 4. The van der Waals surface area contributed by atoms with E-state index in [1.165, 1.54) is 50.5 Å². The fourth-order valence-electron chi connectivity index (χ4n) is 6.46. The Hall–Kier alpha value is -2.70. The Bertz CT molecular complexity index is 1210. The number of amides is 1. The Morgan fingerprint density at radius 2 is 1.74 bits per heavy atom. The monoisotopic (exact) mass is 460 g/mol. The Morgan fingerprint density at radius 1 is 0.971 bits per heavy atom. The van der Waals surface area contributed by atoms with Crippen LogP contribution in [0.25, 0.3) is 16.6 Å². The van der Waals surface area contributed by atoms with Gasteiger partial charge in [-0.25, -0.2) is 9.38 Å². The maximum Gasteiger partial charge on any atom is 0.226 e. The molecule has 3 aromatic rings. The van der Waals surface area contributed by atoms with Crippen molar-refractivity contribution in [3.05, 3.63) is 29.6 Å². The topological polar surface area (TPSA) is 66.6 Å². The average molecular weight is 461 g/mol. The van der Waals surface area contributed by atoms with E-state index in [4.69, 9.17) is 15.2 Å². The van der Waals surface area contributed by atoms with Crippen molar-refractivity contribution in [2.24, 2.45) is 5.92 Å². The van der Waals surface area contributed by atoms with E-state index in [0.29, 0.717) is 11.8 Å². The normalized spacial score (nSPS) is 22.8. The SMILES string of the molecule is Cc1ccc2nc(N3CCN(C(=O)C4CCCC4)C(C)C3)n3c(C4CCCCC4)nnc3c2c1.